The lowest BCUT2D eigenvalue weighted by atomic mass is 10.0. The number of hydrogen-bond acceptors (Lipinski definition) is 3. The number of likely N-dealkylation sites (tertiary alicyclic amines) is 1. The van der Waals surface area contributed by atoms with Gasteiger partial charge in [0.2, 0.25) is 0 Å². The second kappa shape index (κ2) is 7.11. The van der Waals surface area contributed by atoms with E-state index in [0.717, 1.165) is 57.7 Å². The summed E-state index contributed by atoms with van der Waals surface area (Å²) in [7, 11) is 0. The lowest BCUT2D eigenvalue weighted by molar-refractivity contribution is -0.137. The highest BCUT2D eigenvalue weighted by molar-refractivity contribution is 5.94. The number of amides is 1. The molecule has 4 nitrogen and oxygen atoms in total. The van der Waals surface area contributed by atoms with Crippen molar-refractivity contribution in [1.29, 1.82) is 0 Å². The molecule has 1 N–H and O–H groups in total. The van der Waals surface area contributed by atoms with Gasteiger partial charge in [0.1, 0.15) is 0 Å². The molecule has 2 saturated heterocycles. The van der Waals surface area contributed by atoms with Crippen molar-refractivity contribution in [1.82, 2.24) is 10.2 Å². The molecule has 132 valence electrons. The highest BCUT2D eigenvalue weighted by atomic mass is 19.4. The van der Waals surface area contributed by atoms with Crippen LogP contribution in [0.15, 0.2) is 24.3 Å². The predicted octanol–water partition coefficient (Wildman–Crippen LogP) is 2.69. The average Bonchev–Trinajstić information content (AvgIpc) is 3.09. The average molecular weight is 342 g/mol. The molecule has 0 aliphatic carbocycles. The minimum absolute atomic E-state index is 0.0224. The number of carbonyl (C=O) groups is 1. The minimum atomic E-state index is -4.39. The highest BCUT2D eigenvalue weighted by Crippen LogP contribution is 2.29. The predicted molar refractivity (Wildman–Crippen MR) is 82.7 cm³/mol. The van der Waals surface area contributed by atoms with Gasteiger partial charge < -0.3 is 10.1 Å². The Kier molecular flexibility index (Phi) is 5.10. The number of nitrogens with zero attached hydrogens (tertiary/aromatic N) is 1. The fourth-order valence-corrected chi connectivity index (χ4v) is 3.35. The van der Waals surface area contributed by atoms with E-state index in [9.17, 15) is 18.0 Å². The van der Waals surface area contributed by atoms with Crippen LogP contribution in [0.25, 0.3) is 0 Å². The van der Waals surface area contributed by atoms with Crippen molar-refractivity contribution >= 4 is 5.91 Å². The molecule has 2 fully saturated rings. The summed E-state index contributed by atoms with van der Waals surface area (Å²) in [5.74, 6) is -0.321. The van der Waals surface area contributed by atoms with E-state index in [1.165, 1.54) is 12.1 Å². The van der Waals surface area contributed by atoms with E-state index < -0.39 is 11.7 Å². The Hall–Kier alpha value is -1.60. The first-order valence-corrected chi connectivity index (χ1v) is 8.23. The van der Waals surface area contributed by atoms with Crippen LogP contribution in [0.2, 0.25) is 0 Å². The third kappa shape index (κ3) is 4.08. The molecular formula is C17H21F3N2O2. The number of ether oxygens (including phenoxy) is 1. The van der Waals surface area contributed by atoms with Crippen LogP contribution in [0.4, 0.5) is 13.2 Å². The Labute approximate surface area is 139 Å². The number of benzene rings is 1. The van der Waals surface area contributed by atoms with Crippen LogP contribution in [-0.2, 0) is 10.9 Å². The van der Waals surface area contributed by atoms with E-state index in [1.54, 1.807) is 0 Å². The number of piperidine rings is 1. The zero-order chi connectivity index (χ0) is 17.2. The van der Waals surface area contributed by atoms with Gasteiger partial charge in [-0.25, -0.2) is 0 Å². The van der Waals surface area contributed by atoms with Crippen molar-refractivity contribution in [3.8, 4) is 0 Å². The van der Waals surface area contributed by atoms with E-state index in [0.29, 0.717) is 6.04 Å². The molecule has 2 aliphatic heterocycles. The SMILES string of the molecule is O=C(N[C@H]1CCCN([C@H]2CCOC2)C1)c1ccc(C(F)(F)F)cc1. The van der Waals surface area contributed by atoms with Crippen LogP contribution in [0.5, 0.6) is 0 Å². The number of carbonyl (C=O) groups excluding carboxylic acids is 1. The Balaban J connectivity index is 1.57. The fourth-order valence-electron chi connectivity index (χ4n) is 3.35. The van der Waals surface area contributed by atoms with Crippen LogP contribution in [0.1, 0.15) is 35.2 Å². The van der Waals surface area contributed by atoms with Crippen molar-refractivity contribution in [2.45, 2.75) is 37.5 Å². The van der Waals surface area contributed by atoms with Crippen molar-refractivity contribution < 1.29 is 22.7 Å². The lowest BCUT2D eigenvalue weighted by Crippen LogP contribution is -2.51. The van der Waals surface area contributed by atoms with Crippen LogP contribution in [-0.4, -0.2) is 49.2 Å². The Morgan fingerprint density at radius 1 is 1.21 bits per heavy atom. The minimum Gasteiger partial charge on any atom is -0.380 e. The molecule has 0 saturated carbocycles. The van der Waals surface area contributed by atoms with E-state index in [4.69, 9.17) is 4.74 Å². The summed E-state index contributed by atoms with van der Waals surface area (Å²) in [6.45, 7) is 3.28. The maximum absolute atomic E-state index is 12.6. The van der Waals surface area contributed by atoms with Gasteiger partial charge >= 0.3 is 6.18 Å². The molecule has 0 radical (unpaired) electrons. The molecule has 1 amide bonds. The topological polar surface area (TPSA) is 41.6 Å². The van der Waals surface area contributed by atoms with Gasteiger partial charge in [0.25, 0.3) is 5.91 Å². The number of rotatable bonds is 3. The Morgan fingerprint density at radius 3 is 2.58 bits per heavy atom. The maximum Gasteiger partial charge on any atom is 0.416 e. The molecule has 2 atom stereocenters. The maximum atomic E-state index is 12.6. The largest absolute Gasteiger partial charge is 0.416 e. The van der Waals surface area contributed by atoms with Crippen LogP contribution < -0.4 is 5.32 Å². The number of hydrogen-bond donors (Lipinski definition) is 1. The summed E-state index contributed by atoms with van der Waals surface area (Å²) in [6.07, 6.45) is -1.49. The van der Waals surface area contributed by atoms with Crippen LogP contribution >= 0.6 is 0 Å². The second-order valence-corrected chi connectivity index (χ2v) is 6.40. The van der Waals surface area contributed by atoms with Gasteiger partial charge in [-0.3, -0.25) is 9.69 Å². The zero-order valence-corrected chi connectivity index (χ0v) is 13.3. The number of nitrogens with one attached hydrogen (secondary N) is 1. The third-order valence-corrected chi connectivity index (χ3v) is 4.68. The first kappa shape index (κ1) is 17.2. The molecule has 1 aromatic carbocycles. The second-order valence-electron chi connectivity index (χ2n) is 6.40. The van der Waals surface area contributed by atoms with Crippen molar-refractivity contribution in [2.75, 3.05) is 26.3 Å². The smallest absolute Gasteiger partial charge is 0.380 e. The normalized spacial score (nSPS) is 25.6. The highest BCUT2D eigenvalue weighted by Gasteiger charge is 2.31. The van der Waals surface area contributed by atoms with Gasteiger partial charge in [0.05, 0.1) is 12.2 Å². The third-order valence-electron chi connectivity index (χ3n) is 4.68. The standard InChI is InChI=1S/C17H21F3N2O2/c18-17(19,20)13-5-3-12(4-6-13)16(23)21-14-2-1-8-22(10-14)15-7-9-24-11-15/h3-6,14-15H,1-2,7-11H2,(H,21,23)/t14-,15-/m0/s1. The molecule has 24 heavy (non-hydrogen) atoms. The molecule has 3 rings (SSSR count). The Bertz CT molecular complexity index is 568. The molecule has 2 aliphatic rings. The van der Waals surface area contributed by atoms with Crippen LogP contribution in [0.3, 0.4) is 0 Å². The quantitative estimate of drug-likeness (QED) is 0.918. The molecule has 0 spiro atoms. The zero-order valence-electron chi connectivity index (χ0n) is 13.3. The van der Waals surface area contributed by atoms with Crippen molar-refractivity contribution in [3.63, 3.8) is 0 Å². The van der Waals surface area contributed by atoms with E-state index in [-0.39, 0.29) is 17.5 Å². The summed E-state index contributed by atoms with van der Waals surface area (Å²) in [6, 6.07) is 4.77. The number of halogens is 3. The van der Waals surface area contributed by atoms with E-state index >= 15 is 0 Å². The first-order valence-electron chi connectivity index (χ1n) is 8.23. The van der Waals surface area contributed by atoms with Gasteiger partial charge in [-0.15, -0.1) is 0 Å². The van der Waals surface area contributed by atoms with E-state index in [2.05, 4.69) is 10.2 Å². The number of alkyl halides is 3. The van der Waals surface area contributed by atoms with Gasteiger partial charge in [0.15, 0.2) is 0 Å². The lowest BCUT2D eigenvalue weighted by Gasteiger charge is -2.36. The summed E-state index contributed by atoms with van der Waals surface area (Å²) < 4.78 is 43.1. The summed E-state index contributed by atoms with van der Waals surface area (Å²) >= 11 is 0. The fraction of sp³-hybridized carbons (Fsp3) is 0.588. The molecule has 0 bridgehead atoms. The molecular weight excluding hydrogens is 321 g/mol. The van der Waals surface area contributed by atoms with Gasteiger partial charge in [-0.2, -0.15) is 13.2 Å². The Morgan fingerprint density at radius 2 is 1.96 bits per heavy atom. The summed E-state index contributed by atoms with van der Waals surface area (Å²) in [5, 5.41) is 2.94. The first-order chi connectivity index (χ1) is 11.4. The summed E-state index contributed by atoms with van der Waals surface area (Å²) in [5.41, 5.74) is -0.492. The van der Waals surface area contributed by atoms with Gasteiger partial charge in [0, 0.05) is 30.8 Å². The molecule has 1 aromatic rings. The van der Waals surface area contributed by atoms with Gasteiger partial charge in [-0.1, -0.05) is 0 Å². The van der Waals surface area contributed by atoms with Crippen molar-refractivity contribution in [2.24, 2.45) is 0 Å². The molecule has 0 unspecified atom stereocenters. The molecule has 0 aromatic heterocycles. The van der Waals surface area contributed by atoms with E-state index in [1.807, 2.05) is 0 Å². The molecule has 7 heteroatoms. The molecule has 2 heterocycles. The monoisotopic (exact) mass is 342 g/mol. The van der Waals surface area contributed by atoms with Gasteiger partial charge in [-0.05, 0) is 50.1 Å². The van der Waals surface area contributed by atoms with Crippen molar-refractivity contribution in [3.05, 3.63) is 35.4 Å². The summed E-state index contributed by atoms with van der Waals surface area (Å²) in [4.78, 5) is 14.6. The van der Waals surface area contributed by atoms with Crippen LogP contribution in [0, 0.1) is 0 Å².